The molecule has 3 rings (SSSR count). The van der Waals surface area contributed by atoms with Crippen molar-refractivity contribution in [3.8, 4) is 0 Å². The van der Waals surface area contributed by atoms with E-state index < -0.39 is 0 Å². The number of fused-ring (bicyclic) bond motifs is 1. The van der Waals surface area contributed by atoms with Gasteiger partial charge in [-0.3, -0.25) is 0 Å². The zero-order valence-electron chi connectivity index (χ0n) is 8.85. The average molecular weight is 294 g/mol. The Hall–Kier alpha value is -1.49. The smallest absolute Gasteiger partial charge is 0.155 e. The summed E-state index contributed by atoms with van der Waals surface area (Å²) < 4.78 is 15.4. The summed E-state index contributed by atoms with van der Waals surface area (Å²) in [7, 11) is 0. The van der Waals surface area contributed by atoms with E-state index >= 15 is 0 Å². The van der Waals surface area contributed by atoms with E-state index in [0.717, 1.165) is 15.8 Å². The predicted molar refractivity (Wildman–Crippen MR) is 66.4 cm³/mol. The molecule has 1 atom stereocenters. The second kappa shape index (κ2) is 4.07. The number of hydrogen-bond acceptors (Lipinski definition) is 2. The number of nitrogens with zero attached hydrogens (tertiary/aromatic N) is 3. The van der Waals surface area contributed by atoms with Crippen molar-refractivity contribution in [2.45, 2.75) is 12.3 Å². The average Bonchev–Trinajstić information content (AvgIpc) is 2.72. The maximum atomic E-state index is 12.9. The first-order valence-corrected chi connectivity index (χ1v) is 6.06. The maximum Gasteiger partial charge on any atom is 0.155 e. The van der Waals surface area contributed by atoms with Crippen molar-refractivity contribution < 1.29 is 4.39 Å². The molecule has 3 nitrogen and oxygen atoms in total. The molecular formula is C12H9BrFN3. The molecule has 0 radical (unpaired) electrons. The number of allylic oxidation sites excluding steroid dienone is 4. The molecule has 2 aromatic rings. The molecule has 0 saturated heterocycles. The van der Waals surface area contributed by atoms with E-state index in [2.05, 4.69) is 26.0 Å². The molecule has 5 heteroatoms. The Bertz CT molecular complexity index is 630. The lowest BCUT2D eigenvalue weighted by Crippen LogP contribution is -2.01. The third-order valence-electron chi connectivity index (χ3n) is 2.82. The molecule has 0 spiro atoms. The molecule has 0 fully saturated rings. The molecule has 0 bridgehead atoms. The van der Waals surface area contributed by atoms with Crippen molar-refractivity contribution in [3.05, 3.63) is 52.7 Å². The van der Waals surface area contributed by atoms with Crippen molar-refractivity contribution in [2.24, 2.45) is 0 Å². The third-order valence-corrected chi connectivity index (χ3v) is 3.36. The van der Waals surface area contributed by atoms with Gasteiger partial charge in [0.2, 0.25) is 0 Å². The SMILES string of the molecule is FC1=CCC(c2cnn3c(Br)cnc3c2)C=C1. The number of aromatic nitrogens is 3. The Kier molecular flexibility index (Phi) is 2.55. The highest BCUT2D eigenvalue weighted by molar-refractivity contribution is 9.10. The highest BCUT2D eigenvalue weighted by Gasteiger charge is 2.13. The van der Waals surface area contributed by atoms with Crippen molar-refractivity contribution in [3.63, 3.8) is 0 Å². The number of hydrogen-bond donors (Lipinski definition) is 0. The van der Waals surface area contributed by atoms with Crippen molar-refractivity contribution >= 4 is 21.6 Å². The first kappa shape index (κ1) is 10.7. The Morgan fingerprint density at radius 2 is 2.29 bits per heavy atom. The molecule has 1 aliphatic carbocycles. The van der Waals surface area contributed by atoms with Crippen LogP contribution in [0.1, 0.15) is 17.9 Å². The fourth-order valence-electron chi connectivity index (χ4n) is 1.91. The molecule has 0 N–H and O–H groups in total. The monoisotopic (exact) mass is 293 g/mol. The van der Waals surface area contributed by atoms with Crippen LogP contribution in [0.5, 0.6) is 0 Å². The van der Waals surface area contributed by atoms with E-state index in [1.54, 1.807) is 23.0 Å². The summed E-state index contributed by atoms with van der Waals surface area (Å²) in [6, 6.07) is 1.98. The first-order chi connectivity index (χ1) is 8.24. The summed E-state index contributed by atoms with van der Waals surface area (Å²) in [5.41, 5.74) is 1.84. The normalized spacial score (nSPS) is 19.6. The van der Waals surface area contributed by atoms with Crippen LogP contribution in [0.4, 0.5) is 4.39 Å². The highest BCUT2D eigenvalue weighted by Crippen LogP contribution is 2.27. The van der Waals surface area contributed by atoms with Crippen LogP contribution in [0.25, 0.3) is 5.65 Å². The Morgan fingerprint density at radius 3 is 3.06 bits per heavy atom. The third kappa shape index (κ3) is 1.91. The fourth-order valence-corrected chi connectivity index (χ4v) is 2.28. The maximum absolute atomic E-state index is 12.9. The summed E-state index contributed by atoms with van der Waals surface area (Å²) in [4.78, 5) is 4.23. The quantitative estimate of drug-likeness (QED) is 0.807. The van der Waals surface area contributed by atoms with Gasteiger partial charge in [0.25, 0.3) is 0 Å². The van der Waals surface area contributed by atoms with Gasteiger partial charge in [0, 0.05) is 5.92 Å². The van der Waals surface area contributed by atoms with E-state index in [9.17, 15) is 4.39 Å². The molecule has 1 unspecified atom stereocenters. The predicted octanol–water partition coefficient (Wildman–Crippen LogP) is 3.39. The molecule has 1 aliphatic rings. The van der Waals surface area contributed by atoms with Gasteiger partial charge in [0.1, 0.15) is 10.4 Å². The van der Waals surface area contributed by atoms with E-state index in [4.69, 9.17) is 0 Å². The van der Waals surface area contributed by atoms with Crippen molar-refractivity contribution in [1.82, 2.24) is 14.6 Å². The van der Waals surface area contributed by atoms with Gasteiger partial charge in [-0.05, 0) is 46.1 Å². The highest BCUT2D eigenvalue weighted by atomic mass is 79.9. The van der Waals surface area contributed by atoms with Crippen LogP contribution in [0, 0.1) is 0 Å². The van der Waals surface area contributed by atoms with Crippen molar-refractivity contribution in [2.75, 3.05) is 0 Å². The summed E-state index contributed by atoms with van der Waals surface area (Å²) in [6.07, 6.45) is 9.13. The lowest BCUT2D eigenvalue weighted by Gasteiger charge is -2.13. The van der Waals surface area contributed by atoms with Crippen LogP contribution in [0.3, 0.4) is 0 Å². The molecule has 0 amide bonds. The second-order valence-electron chi connectivity index (χ2n) is 3.93. The topological polar surface area (TPSA) is 30.2 Å². The number of rotatable bonds is 1. The van der Waals surface area contributed by atoms with E-state index in [1.807, 2.05) is 12.1 Å². The van der Waals surface area contributed by atoms with Crippen LogP contribution in [-0.4, -0.2) is 14.6 Å². The summed E-state index contributed by atoms with van der Waals surface area (Å²) >= 11 is 3.36. The summed E-state index contributed by atoms with van der Waals surface area (Å²) in [5.74, 6) is 0.0151. The first-order valence-electron chi connectivity index (χ1n) is 5.27. The van der Waals surface area contributed by atoms with E-state index in [0.29, 0.717) is 6.42 Å². The van der Waals surface area contributed by atoms with E-state index in [-0.39, 0.29) is 11.7 Å². The van der Waals surface area contributed by atoms with Crippen LogP contribution in [0.15, 0.2) is 47.1 Å². The molecular weight excluding hydrogens is 285 g/mol. The standard InChI is InChI=1S/C12H9BrFN3/c13-11-7-15-12-5-9(6-16-17(11)12)8-1-3-10(14)4-2-8/h1,3-8H,2H2. The largest absolute Gasteiger partial charge is 0.234 e. The van der Waals surface area contributed by atoms with E-state index in [1.165, 1.54) is 6.08 Å². The molecule has 17 heavy (non-hydrogen) atoms. The number of halogens is 2. The van der Waals surface area contributed by atoms with Gasteiger partial charge in [-0.25, -0.2) is 13.9 Å². The number of imidazole rings is 1. The van der Waals surface area contributed by atoms with Gasteiger partial charge in [0.15, 0.2) is 5.65 Å². The van der Waals surface area contributed by atoms with Crippen LogP contribution in [-0.2, 0) is 0 Å². The Morgan fingerprint density at radius 1 is 1.41 bits per heavy atom. The zero-order valence-corrected chi connectivity index (χ0v) is 10.4. The van der Waals surface area contributed by atoms with Gasteiger partial charge in [-0.15, -0.1) is 0 Å². The minimum Gasteiger partial charge on any atom is -0.234 e. The van der Waals surface area contributed by atoms with Gasteiger partial charge in [-0.2, -0.15) is 5.10 Å². The van der Waals surface area contributed by atoms with Gasteiger partial charge in [-0.1, -0.05) is 6.08 Å². The Labute approximate surface area is 106 Å². The summed E-state index contributed by atoms with van der Waals surface area (Å²) in [5, 5.41) is 4.29. The summed E-state index contributed by atoms with van der Waals surface area (Å²) in [6.45, 7) is 0. The minimum atomic E-state index is -0.168. The lowest BCUT2D eigenvalue weighted by molar-refractivity contribution is 0.642. The van der Waals surface area contributed by atoms with Crippen molar-refractivity contribution in [1.29, 1.82) is 0 Å². The molecule has 2 aromatic heterocycles. The lowest BCUT2D eigenvalue weighted by atomic mass is 9.94. The van der Waals surface area contributed by atoms with Crippen LogP contribution < -0.4 is 0 Å². The minimum absolute atomic E-state index is 0.168. The van der Waals surface area contributed by atoms with Gasteiger partial charge in [0.05, 0.1) is 12.4 Å². The van der Waals surface area contributed by atoms with Crippen LogP contribution in [0.2, 0.25) is 0 Å². The Balaban J connectivity index is 1.99. The van der Waals surface area contributed by atoms with Gasteiger partial charge < -0.3 is 0 Å². The van der Waals surface area contributed by atoms with Crippen LogP contribution >= 0.6 is 15.9 Å². The zero-order chi connectivity index (χ0) is 11.8. The molecule has 2 heterocycles. The van der Waals surface area contributed by atoms with Gasteiger partial charge >= 0.3 is 0 Å². The molecule has 0 aliphatic heterocycles. The second-order valence-corrected chi connectivity index (χ2v) is 4.74. The molecule has 0 aromatic carbocycles. The fraction of sp³-hybridized carbons (Fsp3) is 0.167. The molecule has 0 saturated carbocycles. The molecule has 86 valence electrons.